The second-order valence-corrected chi connectivity index (χ2v) is 10.1. The Morgan fingerprint density at radius 1 is 0.636 bits per heavy atom. The first-order chi connectivity index (χ1) is 20.8. The molecule has 44 heavy (non-hydrogen) atoms. The highest BCUT2D eigenvalue weighted by Gasteiger charge is 2.35. The summed E-state index contributed by atoms with van der Waals surface area (Å²) in [5.41, 5.74) is 0.620. The maximum absolute atomic E-state index is 12.7. The Kier molecular flexibility index (Phi) is 17.4. The molecule has 1 aliphatic carbocycles. The first-order valence-corrected chi connectivity index (χ1v) is 14.3. The fourth-order valence-electron chi connectivity index (χ4n) is 3.44. The van der Waals surface area contributed by atoms with Crippen molar-refractivity contribution in [3.63, 3.8) is 0 Å². The minimum absolute atomic E-state index is 0.0780. The Morgan fingerprint density at radius 2 is 1.05 bits per heavy atom. The molecule has 1 aliphatic rings. The Labute approximate surface area is 257 Å². The highest BCUT2D eigenvalue weighted by atomic mass is 16.6. The molecule has 0 saturated heterocycles. The van der Waals surface area contributed by atoms with Crippen LogP contribution >= 0.6 is 0 Å². The van der Waals surface area contributed by atoms with Crippen molar-refractivity contribution in [2.45, 2.75) is 66.2 Å². The fourth-order valence-corrected chi connectivity index (χ4v) is 3.44. The summed E-state index contributed by atoms with van der Waals surface area (Å²) < 4.78 is 30.5. The average molecular weight is 619 g/mol. The average Bonchev–Trinajstić information content (AvgIpc) is 3.00. The quantitative estimate of drug-likeness (QED) is 0.0535. The molecule has 0 fully saturated rings. The minimum atomic E-state index is -0.765. The number of unbranched alkanes of at least 4 members (excludes halogenated alkanes) is 2. The van der Waals surface area contributed by atoms with Gasteiger partial charge in [-0.3, -0.25) is 9.59 Å². The lowest BCUT2D eigenvalue weighted by atomic mass is 9.84. The van der Waals surface area contributed by atoms with Crippen LogP contribution in [0.15, 0.2) is 60.1 Å². The molecule has 0 radical (unpaired) electrons. The molecule has 12 heteroatoms. The zero-order chi connectivity index (χ0) is 33.1. The van der Waals surface area contributed by atoms with Crippen molar-refractivity contribution >= 4 is 35.8 Å². The standard InChI is InChI=1S/C32H42O12/c1-21(2)27(33)43-19-23(5)29(35)39-15-9-11-17-41-31(37)25-13-7-8-14-26(25)32(38)42-18-12-10-16-40-30(36)24(6)20-44-28(34)22(3)4/h7,13,19-20,25-26H,1,3,8-12,14-18H2,2,4-6H3/b23-19+,24-20+. The van der Waals surface area contributed by atoms with Crippen molar-refractivity contribution in [3.05, 3.63) is 60.1 Å². The second kappa shape index (κ2) is 20.4. The third-order valence-electron chi connectivity index (χ3n) is 6.05. The zero-order valence-corrected chi connectivity index (χ0v) is 25.8. The van der Waals surface area contributed by atoms with Crippen LogP contribution in [-0.4, -0.2) is 62.2 Å². The maximum Gasteiger partial charge on any atom is 0.337 e. The second-order valence-electron chi connectivity index (χ2n) is 10.1. The largest absolute Gasteiger partial charge is 0.465 e. The monoisotopic (exact) mass is 618 g/mol. The van der Waals surface area contributed by atoms with Crippen LogP contribution < -0.4 is 0 Å². The molecule has 0 heterocycles. The van der Waals surface area contributed by atoms with Gasteiger partial charge >= 0.3 is 35.8 Å². The molecule has 2 unspecified atom stereocenters. The lowest BCUT2D eigenvalue weighted by Crippen LogP contribution is -2.33. The Bertz CT molecular complexity index is 1170. The number of carbonyl (C=O) groups is 6. The predicted molar refractivity (Wildman–Crippen MR) is 157 cm³/mol. The first-order valence-electron chi connectivity index (χ1n) is 14.3. The maximum atomic E-state index is 12.7. The van der Waals surface area contributed by atoms with Gasteiger partial charge in [0, 0.05) is 11.1 Å². The lowest BCUT2D eigenvalue weighted by Gasteiger charge is -2.24. The van der Waals surface area contributed by atoms with Crippen LogP contribution in [0, 0.1) is 11.8 Å². The van der Waals surface area contributed by atoms with E-state index in [4.69, 9.17) is 28.4 Å². The number of allylic oxidation sites excluding steroid dienone is 1. The van der Waals surface area contributed by atoms with Gasteiger partial charge in [0.25, 0.3) is 0 Å². The lowest BCUT2D eigenvalue weighted by molar-refractivity contribution is -0.159. The van der Waals surface area contributed by atoms with Crippen molar-refractivity contribution in [2.75, 3.05) is 26.4 Å². The van der Waals surface area contributed by atoms with Gasteiger partial charge in [-0.2, -0.15) is 0 Å². The smallest absolute Gasteiger partial charge is 0.337 e. The van der Waals surface area contributed by atoms with Gasteiger partial charge < -0.3 is 28.4 Å². The molecule has 0 N–H and O–H groups in total. The predicted octanol–water partition coefficient (Wildman–Crippen LogP) is 4.35. The van der Waals surface area contributed by atoms with Gasteiger partial charge in [0.1, 0.15) is 12.5 Å². The molecule has 0 saturated carbocycles. The number of hydrogen-bond donors (Lipinski definition) is 0. The molecule has 0 amide bonds. The summed E-state index contributed by atoms with van der Waals surface area (Å²) in [6.07, 6.45) is 8.28. The fraction of sp³-hybridized carbons (Fsp3) is 0.500. The topological polar surface area (TPSA) is 158 Å². The third kappa shape index (κ3) is 14.6. The van der Waals surface area contributed by atoms with E-state index in [-0.39, 0.29) is 48.7 Å². The van der Waals surface area contributed by atoms with E-state index in [9.17, 15) is 28.8 Å². The van der Waals surface area contributed by atoms with Gasteiger partial charge in [-0.25, -0.2) is 19.2 Å². The normalized spacial score (nSPS) is 16.3. The van der Waals surface area contributed by atoms with Crippen molar-refractivity contribution in [1.29, 1.82) is 0 Å². The van der Waals surface area contributed by atoms with Crippen molar-refractivity contribution in [2.24, 2.45) is 11.8 Å². The molecular formula is C32H42O12. The van der Waals surface area contributed by atoms with Crippen LogP contribution in [0.5, 0.6) is 0 Å². The van der Waals surface area contributed by atoms with E-state index in [0.29, 0.717) is 38.5 Å². The molecular weight excluding hydrogens is 576 g/mol. The van der Waals surface area contributed by atoms with Gasteiger partial charge in [0.15, 0.2) is 0 Å². The number of esters is 6. The number of hydrogen-bond acceptors (Lipinski definition) is 12. The Morgan fingerprint density at radius 3 is 1.48 bits per heavy atom. The molecule has 1 rings (SSSR count). The van der Waals surface area contributed by atoms with Crippen LogP contribution in [0.2, 0.25) is 0 Å². The Balaban J connectivity index is 2.32. The molecule has 0 aliphatic heterocycles. The van der Waals surface area contributed by atoms with E-state index in [0.717, 1.165) is 12.5 Å². The SMILES string of the molecule is C=C(C)C(=O)O/C=C(\C)C(=O)OCCCCOC(=O)C1C=CCCC1C(=O)OCCCCOC(=O)/C(C)=C/OC(=O)C(=C)C. The number of carbonyl (C=O) groups excluding carboxylic acids is 6. The molecule has 0 bridgehead atoms. The van der Waals surface area contributed by atoms with E-state index in [1.807, 2.05) is 6.08 Å². The molecule has 0 aromatic heterocycles. The molecule has 2 atom stereocenters. The van der Waals surface area contributed by atoms with Gasteiger partial charge in [-0.15, -0.1) is 0 Å². The van der Waals surface area contributed by atoms with E-state index >= 15 is 0 Å². The van der Waals surface area contributed by atoms with E-state index in [2.05, 4.69) is 13.2 Å². The number of ether oxygens (including phenoxy) is 6. The van der Waals surface area contributed by atoms with Gasteiger partial charge in [0.2, 0.25) is 0 Å². The van der Waals surface area contributed by atoms with Crippen molar-refractivity contribution in [1.82, 2.24) is 0 Å². The third-order valence-corrected chi connectivity index (χ3v) is 6.05. The highest BCUT2D eigenvalue weighted by molar-refractivity contribution is 5.91. The van der Waals surface area contributed by atoms with Crippen LogP contribution in [0.4, 0.5) is 0 Å². The van der Waals surface area contributed by atoms with Gasteiger partial charge in [-0.05, 0) is 66.2 Å². The summed E-state index contributed by atoms with van der Waals surface area (Å²) in [7, 11) is 0. The number of rotatable bonds is 18. The van der Waals surface area contributed by atoms with Crippen LogP contribution in [0.1, 0.15) is 66.2 Å². The molecule has 242 valence electrons. The molecule has 0 spiro atoms. The summed E-state index contributed by atoms with van der Waals surface area (Å²) in [6.45, 7) is 13.1. The van der Waals surface area contributed by atoms with Crippen LogP contribution in [0.3, 0.4) is 0 Å². The Hall–Kier alpha value is -4.48. The van der Waals surface area contributed by atoms with Crippen molar-refractivity contribution in [3.8, 4) is 0 Å². The highest BCUT2D eigenvalue weighted by Crippen LogP contribution is 2.27. The molecule has 12 nitrogen and oxygen atoms in total. The minimum Gasteiger partial charge on any atom is -0.465 e. The summed E-state index contributed by atoms with van der Waals surface area (Å²) in [4.78, 5) is 71.9. The summed E-state index contributed by atoms with van der Waals surface area (Å²) in [5.74, 6) is -5.06. The summed E-state index contributed by atoms with van der Waals surface area (Å²) in [5, 5.41) is 0. The van der Waals surface area contributed by atoms with E-state index < -0.39 is 47.7 Å². The van der Waals surface area contributed by atoms with E-state index in [1.165, 1.54) is 27.7 Å². The van der Waals surface area contributed by atoms with Crippen molar-refractivity contribution < 1.29 is 57.2 Å². The van der Waals surface area contributed by atoms with E-state index in [1.54, 1.807) is 6.08 Å². The van der Waals surface area contributed by atoms with Gasteiger partial charge in [0.05, 0.1) is 49.4 Å². The van der Waals surface area contributed by atoms with Crippen LogP contribution in [0.25, 0.3) is 0 Å². The molecule has 0 aromatic rings. The van der Waals surface area contributed by atoms with Crippen LogP contribution in [-0.2, 0) is 57.2 Å². The summed E-state index contributed by atoms with van der Waals surface area (Å²) in [6, 6.07) is 0. The molecule has 0 aromatic carbocycles. The zero-order valence-electron chi connectivity index (χ0n) is 25.8. The summed E-state index contributed by atoms with van der Waals surface area (Å²) >= 11 is 0. The first kappa shape index (κ1) is 37.5. The van der Waals surface area contributed by atoms with Gasteiger partial charge in [-0.1, -0.05) is 25.3 Å².